The molecule has 9 heteroatoms. The van der Waals surface area contributed by atoms with Gasteiger partial charge in [0.05, 0.1) is 0 Å². The molecule has 4 aromatic rings. The number of nitrogens with zero attached hydrogens (tertiary/aromatic N) is 4. The van der Waals surface area contributed by atoms with Gasteiger partial charge in [-0.3, -0.25) is 20.8 Å². The number of hydrogen-bond donors (Lipinski definition) is 4. The molecule has 4 N–H and O–H groups in total. The molecular formula is C24H32CuN4O4+6. The van der Waals surface area contributed by atoms with Crippen LogP contribution in [0.4, 0.5) is 0 Å². The molecule has 0 saturated carbocycles. The molecule has 1 radical (unpaired) electrons. The van der Waals surface area contributed by atoms with E-state index in [4.69, 9.17) is 20.8 Å². The summed E-state index contributed by atoms with van der Waals surface area (Å²) in [5.41, 5.74) is 3.36. The van der Waals surface area contributed by atoms with Crippen molar-refractivity contribution in [2.24, 2.45) is 0 Å². The first-order valence-electron chi connectivity index (χ1n) is 9.88. The molecule has 0 bridgehead atoms. The van der Waals surface area contributed by atoms with Gasteiger partial charge in [0, 0.05) is 95.1 Å². The average Bonchev–Trinajstić information content (AvgIpc) is 2.78. The average molecular weight is 504 g/mol. The zero-order valence-corrected chi connectivity index (χ0v) is 20.1. The number of aryl methyl sites for hydroxylation is 4. The van der Waals surface area contributed by atoms with Crippen molar-refractivity contribution in [3.8, 4) is 0 Å². The Hall–Kier alpha value is -3.68. The minimum Gasteiger partial charge on any atom is -0.285 e. The third kappa shape index (κ3) is 12.1. The molecule has 0 aromatic carbocycles. The summed E-state index contributed by atoms with van der Waals surface area (Å²) in [7, 11) is 0. The summed E-state index contributed by atoms with van der Waals surface area (Å²) < 4.78 is 4.33. The fraction of sp³-hybridized carbons (Fsp3) is 0.167. The molecule has 0 atom stereocenters. The van der Waals surface area contributed by atoms with E-state index < -0.39 is 0 Å². The van der Waals surface area contributed by atoms with Crippen LogP contribution in [0.25, 0.3) is 0 Å². The Morgan fingerprint density at radius 1 is 0.394 bits per heavy atom. The van der Waals surface area contributed by atoms with Gasteiger partial charge in [0.1, 0.15) is 0 Å². The minimum atomic E-state index is 0. The number of rotatable bonds is 0. The van der Waals surface area contributed by atoms with E-state index in [1.54, 1.807) is 49.1 Å². The summed E-state index contributed by atoms with van der Waals surface area (Å²) in [6.07, 6.45) is 6.37. The van der Waals surface area contributed by atoms with Crippen LogP contribution in [0, 0.1) is 27.7 Å². The minimum absolute atomic E-state index is 0. The van der Waals surface area contributed by atoms with E-state index >= 15 is 0 Å². The first-order valence-corrected chi connectivity index (χ1v) is 9.88. The molecule has 0 spiro atoms. The summed E-state index contributed by atoms with van der Waals surface area (Å²) in [5, 5.41) is 35.3. The van der Waals surface area contributed by atoms with Crippen molar-refractivity contribution in [3.05, 3.63) is 120 Å². The van der Waals surface area contributed by atoms with Crippen molar-refractivity contribution in [2.75, 3.05) is 0 Å². The predicted octanol–water partition coefficient (Wildman–Crippen LogP) is 2.08. The van der Waals surface area contributed by atoms with Crippen LogP contribution in [0.2, 0.25) is 0 Å². The molecule has 177 valence electrons. The Kier molecular flexibility index (Phi) is 14.2. The number of hydrogen-bond acceptors (Lipinski definition) is 4. The monoisotopic (exact) mass is 503 g/mol. The van der Waals surface area contributed by atoms with E-state index in [-0.39, 0.29) is 17.1 Å². The van der Waals surface area contributed by atoms with Crippen molar-refractivity contribution in [1.29, 1.82) is 0 Å². The largest absolute Gasteiger partial charge is 2.00 e. The predicted molar refractivity (Wildman–Crippen MR) is 114 cm³/mol. The first-order chi connectivity index (χ1) is 15.2. The molecule has 0 saturated heterocycles. The van der Waals surface area contributed by atoms with E-state index in [0.29, 0.717) is 0 Å². The fourth-order valence-electron chi connectivity index (χ4n) is 2.08. The zero-order valence-electron chi connectivity index (χ0n) is 19.1. The standard InChI is InChI=1S/4C6H8NO.Cu/c4*1-6-4-2-3-5-7(6)8;/h4*2-5,8H,1H3;/q4*+1;+2. The van der Waals surface area contributed by atoms with E-state index in [0.717, 1.165) is 41.7 Å². The van der Waals surface area contributed by atoms with Crippen LogP contribution < -0.4 is 18.9 Å². The van der Waals surface area contributed by atoms with Gasteiger partial charge < -0.3 is 0 Å². The van der Waals surface area contributed by atoms with Gasteiger partial charge in [-0.05, 0) is 24.3 Å². The number of aromatic nitrogens is 4. The van der Waals surface area contributed by atoms with Crippen LogP contribution >= 0.6 is 0 Å². The first kappa shape index (κ1) is 29.3. The normalized spacial score (nSPS) is 8.85. The topological polar surface area (TPSA) is 96.4 Å². The Labute approximate surface area is 204 Å². The van der Waals surface area contributed by atoms with E-state index in [1.807, 2.05) is 76.2 Å². The Morgan fingerprint density at radius 3 is 0.667 bits per heavy atom. The van der Waals surface area contributed by atoms with Crippen LogP contribution in [0.3, 0.4) is 0 Å². The van der Waals surface area contributed by atoms with Crippen molar-refractivity contribution < 1.29 is 56.8 Å². The maximum Gasteiger partial charge on any atom is 2.00 e. The molecule has 0 unspecified atom stereocenters. The van der Waals surface area contributed by atoms with Crippen LogP contribution in [0.1, 0.15) is 22.8 Å². The van der Waals surface area contributed by atoms with Crippen molar-refractivity contribution in [3.63, 3.8) is 0 Å². The van der Waals surface area contributed by atoms with Gasteiger partial charge in [-0.15, -0.1) is 0 Å². The molecule has 0 aliphatic carbocycles. The van der Waals surface area contributed by atoms with Crippen LogP contribution in [0.15, 0.2) is 97.6 Å². The summed E-state index contributed by atoms with van der Waals surface area (Å²) in [5.74, 6) is 0. The second-order valence-corrected chi connectivity index (χ2v) is 6.75. The van der Waals surface area contributed by atoms with Gasteiger partial charge in [0.15, 0.2) is 0 Å². The van der Waals surface area contributed by atoms with E-state index in [2.05, 4.69) is 0 Å². The molecule has 4 rings (SSSR count). The Morgan fingerprint density at radius 2 is 0.576 bits per heavy atom. The summed E-state index contributed by atoms with van der Waals surface area (Å²) in [6, 6.07) is 21.9. The van der Waals surface area contributed by atoms with Crippen LogP contribution in [0.5, 0.6) is 0 Å². The molecule has 0 amide bonds. The maximum atomic E-state index is 8.84. The Bertz CT molecular complexity index is 839. The van der Waals surface area contributed by atoms with Crippen molar-refractivity contribution >= 4 is 0 Å². The quantitative estimate of drug-likeness (QED) is 0.168. The zero-order chi connectivity index (χ0) is 23.9. The third-order valence-corrected chi connectivity index (χ3v) is 4.15. The second-order valence-electron chi connectivity index (χ2n) is 6.75. The van der Waals surface area contributed by atoms with E-state index in [1.165, 1.54) is 0 Å². The van der Waals surface area contributed by atoms with Gasteiger partial charge in [-0.2, -0.15) is 0 Å². The fourth-order valence-corrected chi connectivity index (χ4v) is 2.08. The maximum absolute atomic E-state index is 8.84. The van der Waals surface area contributed by atoms with Crippen LogP contribution in [-0.4, -0.2) is 20.8 Å². The molecule has 4 heterocycles. The molecule has 0 aliphatic heterocycles. The van der Waals surface area contributed by atoms with Crippen molar-refractivity contribution in [1.82, 2.24) is 0 Å². The van der Waals surface area contributed by atoms with Gasteiger partial charge >= 0.3 is 17.1 Å². The smallest absolute Gasteiger partial charge is 0.285 e. The van der Waals surface area contributed by atoms with Gasteiger partial charge in [0.25, 0.3) is 0 Å². The second kappa shape index (κ2) is 16.0. The molecule has 0 fully saturated rings. The molecular weight excluding hydrogens is 472 g/mol. The summed E-state index contributed by atoms with van der Waals surface area (Å²) >= 11 is 0. The molecule has 33 heavy (non-hydrogen) atoms. The van der Waals surface area contributed by atoms with Gasteiger partial charge in [0.2, 0.25) is 47.6 Å². The molecule has 0 aliphatic rings. The summed E-state index contributed by atoms with van der Waals surface area (Å²) in [6.45, 7) is 7.33. The SMILES string of the molecule is Cc1cccc[n+]1O.Cc1cccc[n+]1O.Cc1cccc[n+]1O.Cc1cccc[n+]1O.[Cu+2]. The Balaban J connectivity index is 0.000000410. The van der Waals surface area contributed by atoms with Crippen molar-refractivity contribution in [2.45, 2.75) is 27.7 Å². The molecule has 4 aromatic heterocycles. The molecule has 8 nitrogen and oxygen atoms in total. The number of pyridine rings is 4. The van der Waals surface area contributed by atoms with Gasteiger partial charge in [-0.25, -0.2) is 0 Å². The summed E-state index contributed by atoms with van der Waals surface area (Å²) in [4.78, 5) is 0. The van der Waals surface area contributed by atoms with Gasteiger partial charge in [-0.1, -0.05) is 0 Å². The van der Waals surface area contributed by atoms with Crippen LogP contribution in [-0.2, 0) is 17.1 Å². The third-order valence-electron chi connectivity index (χ3n) is 4.15. The van der Waals surface area contributed by atoms with E-state index in [9.17, 15) is 0 Å².